The molecule has 3 aromatic rings. The Labute approximate surface area is 121 Å². The van der Waals surface area contributed by atoms with Crippen molar-refractivity contribution in [2.24, 2.45) is 0 Å². The van der Waals surface area contributed by atoms with E-state index in [2.05, 4.69) is 19.9 Å². The second-order valence-corrected chi connectivity index (χ2v) is 4.86. The van der Waals surface area contributed by atoms with Crippen LogP contribution in [0.15, 0.2) is 36.5 Å². The molecule has 0 aliphatic carbocycles. The highest BCUT2D eigenvalue weighted by Gasteiger charge is 2.11. The van der Waals surface area contributed by atoms with Crippen molar-refractivity contribution < 1.29 is 0 Å². The second kappa shape index (κ2) is 5.02. The van der Waals surface area contributed by atoms with Crippen molar-refractivity contribution >= 4 is 28.7 Å². The molecule has 0 unspecified atom stereocenters. The van der Waals surface area contributed by atoms with Gasteiger partial charge in [0.15, 0.2) is 10.8 Å². The summed E-state index contributed by atoms with van der Waals surface area (Å²) in [6.07, 6.45) is 1.69. The fraction of sp³-hybridized carbons (Fsp3) is 0.143. The van der Waals surface area contributed by atoms with E-state index in [0.29, 0.717) is 22.3 Å². The minimum atomic E-state index is 0.309. The Hall–Kier alpha value is -2.27. The van der Waals surface area contributed by atoms with Crippen LogP contribution in [0.5, 0.6) is 0 Å². The normalized spacial score (nSPS) is 10.8. The molecular formula is C14H12ClN5. The first-order valence-corrected chi connectivity index (χ1v) is 6.46. The van der Waals surface area contributed by atoms with E-state index in [1.54, 1.807) is 11.1 Å². The van der Waals surface area contributed by atoms with Crippen molar-refractivity contribution in [2.45, 2.75) is 0 Å². The highest BCUT2D eigenvalue weighted by Crippen LogP contribution is 2.23. The Kier molecular flexibility index (Phi) is 3.20. The van der Waals surface area contributed by atoms with E-state index in [1.165, 1.54) is 0 Å². The first-order valence-electron chi connectivity index (χ1n) is 6.08. The molecule has 0 bridgehead atoms. The molecule has 20 heavy (non-hydrogen) atoms. The van der Waals surface area contributed by atoms with Crippen LogP contribution in [-0.4, -0.2) is 34.0 Å². The van der Waals surface area contributed by atoms with Crippen molar-refractivity contribution in [2.75, 3.05) is 19.0 Å². The Morgan fingerprint density at radius 2 is 1.75 bits per heavy atom. The number of benzene rings is 1. The summed E-state index contributed by atoms with van der Waals surface area (Å²) in [6, 6.07) is 9.80. The van der Waals surface area contributed by atoms with Gasteiger partial charge in [-0.15, -0.1) is 0 Å². The van der Waals surface area contributed by atoms with Crippen molar-refractivity contribution in [1.82, 2.24) is 19.9 Å². The molecule has 0 spiro atoms. The van der Waals surface area contributed by atoms with Crippen LogP contribution >= 0.6 is 11.6 Å². The zero-order chi connectivity index (χ0) is 14.1. The number of anilines is 1. The maximum absolute atomic E-state index is 6.19. The number of hydrogen-bond acceptors (Lipinski definition) is 5. The lowest BCUT2D eigenvalue weighted by molar-refractivity contribution is 1.00. The summed E-state index contributed by atoms with van der Waals surface area (Å²) in [5.74, 6) is 0.518. The van der Waals surface area contributed by atoms with Gasteiger partial charge in [-0.05, 0) is 0 Å². The Morgan fingerprint density at radius 3 is 2.45 bits per heavy atom. The van der Waals surface area contributed by atoms with Gasteiger partial charge in [-0.25, -0.2) is 9.97 Å². The third-order valence-corrected chi connectivity index (χ3v) is 3.09. The van der Waals surface area contributed by atoms with E-state index < -0.39 is 0 Å². The zero-order valence-electron chi connectivity index (χ0n) is 11.1. The van der Waals surface area contributed by atoms with Crippen molar-refractivity contribution in [3.63, 3.8) is 0 Å². The van der Waals surface area contributed by atoms with Crippen LogP contribution < -0.4 is 4.90 Å². The van der Waals surface area contributed by atoms with Crippen LogP contribution in [0.4, 0.5) is 5.95 Å². The van der Waals surface area contributed by atoms with Crippen LogP contribution in [-0.2, 0) is 0 Å². The summed E-state index contributed by atoms with van der Waals surface area (Å²) in [5.41, 5.74) is 2.74. The lowest BCUT2D eigenvalue weighted by atomic mass is 10.2. The van der Waals surface area contributed by atoms with Gasteiger partial charge in [-0.3, -0.25) is 0 Å². The highest BCUT2D eigenvalue weighted by atomic mass is 35.5. The molecule has 3 rings (SSSR count). The van der Waals surface area contributed by atoms with E-state index in [-0.39, 0.29) is 0 Å². The number of fused-ring (bicyclic) bond motifs is 1. The number of nitrogens with zero attached hydrogens (tertiary/aromatic N) is 5. The molecule has 0 aliphatic rings. The lowest BCUT2D eigenvalue weighted by Crippen LogP contribution is -2.13. The fourth-order valence-electron chi connectivity index (χ4n) is 1.81. The van der Waals surface area contributed by atoms with Crippen molar-refractivity contribution in [1.29, 1.82) is 0 Å². The molecule has 0 radical (unpaired) electrons. The molecule has 0 atom stereocenters. The van der Waals surface area contributed by atoms with E-state index in [0.717, 1.165) is 11.3 Å². The average Bonchev–Trinajstić information content (AvgIpc) is 2.47. The van der Waals surface area contributed by atoms with Gasteiger partial charge in [-0.1, -0.05) is 41.9 Å². The van der Waals surface area contributed by atoms with Crippen LogP contribution in [0.1, 0.15) is 0 Å². The SMILES string of the molecule is CN(C)c1nc(Cl)c2nc(-c3ccccc3)cnc2n1. The van der Waals surface area contributed by atoms with Crippen molar-refractivity contribution in [3.05, 3.63) is 41.7 Å². The maximum Gasteiger partial charge on any atom is 0.228 e. The second-order valence-electron chi connectivity index (χ2n) is 4.50. The van der Waals surface area contributed by atoms with E-state index in [9.17, 15) is 0 Å². The number of aromatic nitrogens is 4. The third kappa shape index (κ3) is 2.28. The molecule has 0 fully saturated rings. The van der Waals surface area contributed by atoms with E-state index in [4.69, 9.17) is 11.6 Å². The van der Waals surface area contributed by atoms with Gasteiger partial charge in [0.05, 0.1) is 11.9 Å². The van der Waals surface area contributed by atoms with E-state index >= 15 is 0 Å². The smallest absolute Gasteiger partial charge is 0.228 e. The molecule has 2 aromatic heterocycles. The molecule has 1 aromatic carbocycles. The van der Waals surface area contributed by atoms with Gasteiger partial charge >= 0.3 is 0 Å². The number of halogens is 1. The summed E-state index contributed by atoms with van der Waals surface area (Å²) >= 11 is 6.19. The zero-order valence-corrected chi connectivity index (χ0v) is 11.8. The minimum Gasteiger partial charge on any atom is -0.347 e. The molecule has 0 amide bonds. The predicted molar refractivity (Wildman–Crippen MR) is 79.9 cm³/mol. The summed E-state index contributed by atoms with van der Waals surface area (Å²) in [5, 5.41) is 0.309. The number of rotatable bonds is 2. The highest BCUT2D eigenvalue weighted by molar-refractivity contribution is 6.33. The van der Waals surface area contributed by atoms with Gasteiger partial charge in [-0.2, -0.15) is 9.97 Å². The molecular weight excluding hydrogens is 274 g/mol. The van der Waals surface area contributed by atoms with Gasteiger partial charge in [0.1, 0.15) is 5.52 Å². The van der Waals surface area contributed by atoms with Gasteiger partial charge < -0.3 is 4.90 Å². The van der Waals surface area contributed by atoms with Crippen LogP contribution in [0.25, 0.3) is 22.4 Å². The maximum atomic E-state index is 6.19. The van der Waals surface area contributed by atoms with Gasteiger partial charge in [0.25, 0.3) is 0 Å². The molecule has 0 saturated carbocycles. The van der Waals surface area contributed by atoms with Crippen LogP contribution in [0.3, 0.4) is 0 Å². The summed E-state index contributed by atoms with van der Waals surface area (Å²) in [6.45, 7) is 0. The average molecular weight is 286 g/mol. The molecule has 0 aliphatic heterocycles. The van der Waals surface area contributed by atoms with E-state index in [1.807, 2.05) is 44.4 Å². The molecule has 100 valence electrons. The standard InChI is InChI=1S/C14H12ClN5/c1-20(2)14-18-12(15)11-13(19-14)16-8-10(17-11)9-6-4-3-5-7-9/h3-8H,1-2H3. The number of hydrogen-bond donors (Lipinski definition) is 0. The first kappa shape index (κ1) is 12.7. The molecule has 0 saturated heterocycles. The molecule has 0 N–H and O–H groups in total. The van der Waals surface area contributed by atoms with Crippen molar-refractivity contribution in [3.8, 4) is 11.3 Å². The summed E-state index contributed by atoms with van der Waals surface area (Å²) in [7, 11) is 3.70. The molecule has 5 nitrogen and oxygen atoms in total. The quantitative estimate of drug-likeness (QED) is 0.678. The third-order valence-electron chi connectivity index (χ3n) is 2.82. The largest absolute Gasteiger partial charge is 0.347 e. The fourth-order valence-corrected chi connectivity index (χ4v) is 2.01. The lowest BCUT2D eigenvalue weighted by Gasteiger charge is -2.11. The topological polar surface area (TPSA) is 54.8 Å². The predicted octanol–water partition coefficient (Wildman–Crippen LogP) is 2.81. The van der Waals surface area contributed by atoms with Gasteiger partial charge in [0.2, 0.25) is 5.95 Å². The molecule has 2 heterocycles. The molecule has 6 heteroatoms. The Morgan fingerprint density at radius 1 is 1.00 bits per heavy atom. The van der Waals surface area contributed by atoms with Crippen LogP contribution in [0, 0.1) is 0 Å². The summed E-state index contributed by atoms with van der Waals surface area (Å²) in [4.78, 5) is 19.2. The minimum absolute atomic E-state index is 0.309. The Bertz CT molecular complexity index is 758. The first-order chi connectivity index (χ1) is 9.65. The summed E-state index contributed by atoms with van der Waals surface area (Å²) < 4.78 is 0. The Balaban J connectivity index is 2.17. The van der Waals surface area contributed by atoms with Gasteiger partial charge in [0, 0.05) is 19.7 Å². The van der Waals surface area contributed by atoms with Crippen LogP contribution in [0.2, 0.25) is 5.15 Å². The monoisotopic (exact) mass is 285 g/mol.